The Kier molecular flexibility index (Phi) is 4.26. The van der Waals surface area contributed by atoms with E-state index in [0.29, 0.717) is 5.02 Å². The monoisotopic (exact) mass is 374 g/mol. The average Bonchev–Trinajstić information content (AvgIpc) is 2.32. The lowest BCUT2D eigenvalue weighted by Gasteiger charge is -2.13. The Morgan fingerprint density at radius 1 is 1.00 bits per heavy atom. The lowest BCUT2D eigenvalue weighted by atomic mass is 10.0. The van der Waals surface area contributed by atoms with Gasteiger partial charge in [-0.1, -0.05) is 55.6 Å². The van der Waals surface area contributed by atoms with Crippen molar-refractivity contribution >= 4 is 43.5 Å². The first-order chi connectivity index (χ1) is 8.08. The lowest BCUT2D eigenvalue weighted by Crippen LogP contribution is -2.00. The molecule has 0 aliphatic carbocycles. The molecule has 0 saturated heterocycles. The maximum Gasteiger partial charge on any atom is 0.105 e. The molecular formula is C13H9Br2ClO. The van der Waals surface area contributed by atoms with Crippen LogP contribution in [0.4, 0.5) is 0 Å². The minimum atomic E-state index is -0.684. The predicted molar refractivity (Wildman–Crippen MR) is 77.4 cm³/mol. The van der Waals surface area contributed by atoms with Gasteiger partial charge < -0.3 is 5.11 Å². The van der Waals surface area contributed by atoms with Crippen molar-refractivity contribution in [2.45, 2.75) is 6.10 Å². The first-order valence-electron chi connectivity index (χ1n) is 4.96. The summed E-state index contributed by atoms with van der Waals surface area (Å²) in [6, 6.07) is 12.9. The third-order valence-electron chi connectivity index (χ3n) is 2.44. The van der Waals surface area contributed by atoms with E-state index in [1.165, 1.54) is 0 Å². The Morgan fingerprint density at radius 3 is 2.29 bits per heavy atom. The van der Waals surface area contributed by atoms with Crippen LogP contribution in [-0.4, -0.2) is 5.11 Å². The van der Waals surface area contributed by atoms with Crippen molar-refractivity contribution in [2.24, 2.45) is 0 Å². The highest BCUT2D eigenvalue weighted by Gasteiger charge is 2.13. The van der Waals surface area contributed by atoms with E-state index in [4.69, 9.17) is 11.6 Å². The Hall–Kier alpha value is -0.350. The van der Waals surface area contributed by atoms with Crippen molar-refractivity contribution in [2.75, 3.05) is 0 Å². The molecule has 1 unspecified atom stereocenters. The molecule has 0 aromatic heterocycles. The topological polar surface area (TPSA) is 20.2 Å². The van der Waals surface area contributed by atoms with E-state index in [1.807, 2.05) is 30.3 Å². The average molecular weight is 376 g/mol. The number of aliphatic hydroxyl groups excluding tert-OH is 1. The molecule has 1 N–H and O–H groups in total. The highest BCUT2D eigenvalue weighted by molar-refractivity contribution is 9.10. The number of rotatable bonds is 2. The molecule has 4 heteroatoms. The maximum absolute atomic E-state index is 10.3. The van der Waals surface area contributed by atoms with Crippen LogP contribution < -0.4 is 0 Å². The van der Waals surface area contributed by atoms with Gasteiger partial charge in [0.1, 0.15) is 6.10 Å². The molecule has 1 atom stereocenters. The van der Waals surface area contributed by atoms with Gasteiger partial charge in [-0.05, 0) is 35.9 Å². The largest absolute Gasteiger partial charge is 0.384 e. The van der Waals surface area contributed by atoms with Crippen LogP contribution in [0.3, 0.4) is 0 Å². The molecule has 2 rings (SSSR count). The molecule has 88 valence electrons. The first kappa shape index (κ1) is 13.1. The van der Waals surface area contributed by atoms with Crippen molar-refractivity contribution in [1.82, 2.24) is 0 Å². The van der Waals surface area contributed by atoms with Crippen molar-refractivity contribution in [1.29, 1.82) is 0 Å². The number of aliphatic hydroxyl groups is 1. The number of hydrogen-bond acceptors (Lipinski definition) is 1. The van der Waals surface area contributed by atoms with Gasteiger partial charge in [-0.25, -0.2) is 0 Å². The Labute approximate surface area is 122 Å². The van der Waals surface area contributed by atoms with Gasteiger partial charge in [0.05, 0.1) is 0 Å². The summed E-state index contributed by atoms with van der Waals surface area (Å²) in [4.78, 5) is 0. The highest BCUT2D eigenvalue weighted by atomic mass is 79.9. The predicted octanol–water partition coefficient (Wildman–Crippen LogP) is 4.95. The second-order valence-corrected chi connectivity index (χ2v) is 5.83. The van der Waals surface area contributed by atoms with Crippen molar-refractivity contribution in [3.05, 3.63) is 67.6 Å². The molecule has 17 heavy (non-hydrogen) atoms. The van der Waals surface area contributed by atoms with E-state index < -0.39 is 6.10 Å². The number of hydrogen-bond donors (Lipinski definition) is 1. The summed E-state index contributed by atoms with van der Waals surface area (Å²) in [6.07, 6.45) is -0.684. The van der Waals surface area contributed by atoms with Gasteiger partial charge in [0, 0.05) is 19.5 Å². The highest BCUT2D eigenvalue weighted by Crippen LogP contribution is 2.31. The molecule has 0 bridgehead atoms. The number of halogens is 3. The van der Waals surface area contributed by atoms with Crippen LogP contribution in [0.1, 0.15) is 17.2 Å². The van der Waals surface area contributed by atoms with E-state index in [0.717, 1.165) is 20.1 Å². The fraction of sp³-hybridized carbons (Fsp3) is 0.0769. The number of benzene rings is 2. The Bertz CT molecular complexity index is 525. The van der Waals surface area contributed by atoms with Crippen LogP contribution in [-0.2, 0) is 0 Å². The smallest absolute Gasteiger partial charge is 0.105 e. The normalized spacial score (nSPS) is 12.5. The van der Waals surface area contributed by atoms with E-state index in [2.05, 4.69) is 31.9 Å². The molecule has 0 aliphatic rings. The summed E-state index contributed by atoms with van der Waals surface area (Å²) in [5.41, 5.74) is 1.59. The summed E-state index contributed by atoms with van der Waals surface area (Å²) >= 11 is 12.7. The van der Waals surface area contributed by atoms with Crippen LogP contribution in [0.5, 0.6) is 0 Å². The summed E-state index contributed by atoms with van der Waals surface area (Å²) in [6.45, 7) is 0. The molecule has 0 aliphatic heterocycles. The summed E-state index contributed by atoms with van der Waals surface area (Å²) < 4.78 is 1.83. The molecule has 0 saturated carbocycles. The molecule has 0 amide bonds. The third-order valence-corrected chi connectivity index (χ3v) is 3.92. The molecule has 0 spiro atoms. The SMILES string of the molecule is OC(c1ccc(Br)cc1)c1cc(Cl)ccc1Br. The van der Waals surface area contributed by atoms with Gasteiger partial charge in [-0.15, -0.1) is 0 Å². The van der Waals surface area contributed by atoms with E-state index in [1.54, 1.807) is 12.1 Å². The molecular weight excluding hydrogens is 367 g/mol. The van der Waals surface area contributed by atoms with Gasteiger partial charge >= 0.3 is 0 Å². The van der Waals surface area contributed by atoms with Crippen molar-refractivity contribution in [3.8, 4) is 0 Å². The Morgan fingerprint density at radius 2 is 1.65 bits per heavy atom. The van der Waals surface area contributed by atoms with Gasteiger partial charge in [0.2, 0.25) is 0 Å². The molecule has 0 radical (unpaired) electrons. The van der Waals surface area contributed by atoms with E-state index in [-0.39, 0.29) is 0 Å². The molecule has 2 aromatic carbocycles. The van der Waals surface area contributed by atoms with Crippen molar-refractivity contribution in [3.63, 3.8) is 0 Å². The standard InChI is InChI=1S/C13H9Br2ClO/c14-9-3-1-8(2-4-9)13(17)11-7-10(16)5-6-12(11)15/h1-7,13,17H. The van der Waals surface area contributed by atoms with Gasteiger partial charge in [0.15, 0.2) is 0 Å². The van der Waals surface area contributed by atoms with E-state index in [9.17, 15) is 5.11 Å². The maximum atomic E-state index is 10.3. The minimum Gasteiger partial charge on any atom is -0.384 e. The zero-order valence-corrected chi connectivity index (χ0v) is 12.6. The quantitative estimate of drug-likeness (QED) is 0.787. The van der Waals surface area contributed by atoms with Crippen LogP contribution >= 0.6 is 43.5 Å². The van der Waals surface area contributed by atoms with Gasteiger partial charge in [0.25, 0.3) is 0 Å². The summed E-state index contributed by atoms with van der Waals surface area (Å²) in [7, 11) is 0. The zero-order chi connectivity index (χ0) is 12.4. The second kappa shape index (κ2) is 5.53. The van der Waals surface area contributed by atoms with Crippen LogP contribution in [0, 0.1) is 0 Å². The summed E-state index contributed by atoms with van der Waals surface area (Å²) in [5, 5.41) is 10.9. The zero-order valence-electron chi connectivity index (χ0n) is 8.70. The van der Waals surface area contributed by atoms with Crippen molar-refractivity contribution < 1.29 is 5.11 Å². The van der Waals surface area contributed by atoms with Gasteiger partial charge in [-0.2, -0.15) is 0 Å². The fourth-order valence-electron chi connectivity index (χ4n) is 1.55. The van der Waals surface area contributed by atoms with Crippen LogP contribution in [0.25, 0.3) is 0 Å². The lowest BCUT2D eigenvalue weighted by molar-refractivity contribution is 0.219. The molecule has 0 fully saturated rings. The third kappa shape index (κ3) is 3.10. The van der Waals surface area contributed by atoms with Crippen LogP contribution in [0.2, 0.25) is 5.02 Å². The molecule has 2 aromatic rings. The Balaban J connectivity index is 2.39. The molecule has 1 nitrogen and oxygen atoms in total. The van der Waals surface area contributed by atoms with Gasteiger partial charge in [-0.3, -0.25) is 0 Å². The summed E-state index contributed by atoms with van der Waals surface area (Å²) in [5.74, 6) is 0. The second-order valence-electron chi connectivity index (χ2n) is 3.62. The van der Waals surface area contributed by atoms with E-state index >= 15 is 0 Å². The fourth-order valence-corrected chi connectivity index (χ4v) is 2.46. The van der Waals surface area contributed by atoms with Crippen LogP contribution in [0.15, 0.2) is 51.4 Å². The molecule has 0 heterocycles. The minimum absolute atomic E-state index is 0.611. The first-order valence-corrected chi connectivity index (χ1v) is 6.93.